The Morgan fingerprint density at radius 3 is 1.20 bits per heavy atom. The van der Waals surface area contributed by atoms with Crippen molar-refractivity contribution in [1.82, 2.24) is 0 Å². The minimum Gasteiger partial charge on any atom is -0.450 e. The van der Waals surface area contributed by atoms with Crippen molar-refractivity contribution < 1.29 is 15.0 Å². The van der Waals surface area contributed by atoms with E-state index in [1.165, 1.54) is 12.4 Å². The Hall–Kier alpha value is -2.15. The summed E-state index contributed by atoms with van der Waals surface area (Å²) in [5, 5.41) is 28.1. The van der Waals surface area contributed by atoms with Crippen LogP contribution in [0.15, 0.2) is 0 Å². The van der Waals surface area contributed by atoms with Crippen molar-refractivity contribution in [2.24, 2.45) is 11.5 Å². The van der Waals surface area contributed by atoms with Crippen molar-refractivity contribution in [1.29, 1.82) is 10.5 Å². The van der Waals surface area contributed by atoms with Crippen LogP contribution in [0.2, 0.25) is 0 Å². The first-order chi connectivity index (χ1) is 4.56. The van der Waals surface area contributed by atoms with Gasteiger partial charge in [0.25, 0.3) is 0 Å². The first-order valence-electron chi connectivity index (χ1n) is 1.68. The molecule has 0 saturated carbocycles. The van der Waals surface area contributed by atoms with E-state index in [2.05, 4.69) is 11.5 Å². The molecule has 0 amide bonds. The van der Waals surface area contributed by atoms with E-state index in [1.54, 1.807) is 0 Å². The Bertz CT molecular complexity index is 127. The van der Waals surface area contributed by atoms with Gasteiger partial charge >= 0.3 is 6.16 Å². The third-order valence-electron chi connectivity index (χ3n) is 0. The highest BCUT2D eigenvalue weighted by Crippen LogP contribution is 1.42. The number of nitriles is 2. The number of nitrogens with zero attached hydrogens (tertiary/aromatic N) is 2. The minimum atomic E-state index is -1.83. The van der Waals surface area contributed by atoms with Gasteiger partial charge < -0.3 is 21.7 Å². The lowest BCUT2D eigenvalue weighted by Gasteiger charge is -1.60. The molecule has 0 bridgehead atoms. The zero-order valence-electron chi connectivity index (χ0n) is 4.85. The highest BCUT2D eigenvalue weighted by molar-refractivity contribution is 5.53. The summed E-state index contributed by atoms with van der Waals surface area (Å²) in [6, 6.07) is 0. The first-order valence-corrected chi connectivity index (χ1v) is 1.68. The van der Waals surface area contributed by atoms with Gasteiger partial charge in [0, 0.05) is 0 Å². The predicted molar refractivity (Wildman–Crippen MR) is 30.3 cm³/mol. The SMILES string of the molecule is N#CN.N#CN.O=C(O)O. The van der Waals surface area contributed by atoms with E-state index in [9.17, 15) is 0 Å². The van der Waals surface area contributed by atoms with Gasteiger partial charge in [-0.15, -0.1) is 0 Å². The Morgan fingerprint density at radius 2 is 1.20 bits per heavy atom. The van der Waals surface area contributed by atoms with E-state index in [0.29, 0.717) is 0 Å². The second-order valence-corrected chi connectivity index (χ2v) is 0.541. The highest BCUT2D eigenvalue weighted by Gasteiger charge is 1.70. The third-order valence-corrected chi connectivity index (χ3v) is 0. The van der Waals surface area contributed by atoms with Gasteiger partial charge in [0.05, 0.1) is 0 Å². The molecule has 0 atom stereocenters. The van der Waals surface area contributed by atoms with Crippen LogP contribution in [-0.4, -0.2) is 16.4 Å². The van der Waals surface area contributed by atoms with Crippen LogP contribution in [0.1, 0.15) is 0 Å². The van der Waals surface area contributed by atoms with E-state index in [-0.39, 0.29) is 0 Å². The molecule has 0 fully saturated rings. The van der Waals surface area contributed by atoms with Crippen molar-refractivity contribution in [2.75, 3.05) is 0 Å². The molecule has 0 aromatic rings. The fraction of sp³-hybridized carbons (Fsp3) is 0. The van der Waals surface area contributed by atoms with Crippen molar-refractivity contribution in [2.45, 2.75) is 0 Å². The number of hydrogen-bond donors (Lipinski definition) is 4. The van der Waals surface area contributed by atoms with Gasteiger partial charge in [-0.25, -0.2) is 4.79 Å². The Balaban J connectivity index is -0.0000000750. The van der Waals surface area contributed by atoms with Crippen LogP contribution in [0.3, 0.4) is 0 Å². The fourth-order valence-corrected chi connectivity index (χ4v) is 0. The predicted octanol–water partition coefficient (Wildman–Crippen LogP) is -0.925. The van der Waals surface area contributed by atoms with Crippen LogP contribution in [0.5, 0.6) is 0 Å². The van der Waals surface area contributed by atoms with E-state index >= 15 is 0 Å². The van der Waals surface area contributed by atoms with Crippen LogP contribution in [0.25, 0.3) is 0 Å². The number of nitrogens with two attached hydrogens (primary N) is 2. The molecule has 0 rings (SSSR count). The number of hydrogen-bond acceptors (Lipinski definition) is 5. The molecule has 0 spiro atoms. The molecule has 0 aromatic carbocycles. The van der Waals surface area contributed by atoms with Crippen molar-refractivity contribution >= 4 is 6.16 Å². The largest absolute Gasteiger partial charge is 0.503 e. The number of carbonyl (C=O) groups is 1. The van der Waals surface area contributed by atoms with Crippen LogP contribution < -0.4 is 11.5 Å². The number of carboxylic acid groups (broad SMARTS) is 2. The Labute approximate surface area is 56.7 Å². The van der Waals surface area contributed by atoms with Gasteiger partial charge in [-0.3, -0.25) is 0 Å². The van der Waals surface area contributed by atoms with Crippen molar-refractivity contribution in [3.8, 4) is 12.4 Å². The molecular weight excluding hydrogens is 140 g/mol. The molecule has 6 N–H and O–H groups in total. The Kier molecular flexibility index (Phi) is 45.2. The molecule has 7 heteroatoms. The summed E-state index contributed by atoms with van der Waals surface area (Å²) in [4.78, 5) is 8.56. The minimum absolute atomic E-state index is 1.25. The third kappa shape index (κ3) is 29.8. The van der Waals surface area contributed by atoms with Gasteiger partial charge in [-0.1, -0.05) is 0 Å². The van der Waals surface area contributed by atoms with Gasteiger partial charge in [-0.2, -0.15) is 10.5 Å². The second kappa shape index (κ2) is 28.9. The molecule has 0 aliphatic carbocycles. The summed E-state index contributed by atoms with van der Waals surface area (Å²) in [5.74, 6) is 0. The van der Waals surface area contributed by atoms with Crippen molar-refractivity contribution in [3.63, 3.8) is 0 Å². The molecule has 0 aliphatic heterocycles. The summed E-state index contributed by atoms with van der Waals surface area (Å²) in [6.45, 7) is 0. The highest BCUT2D eigenvalue weighted by atomic mass is 16.6. The molecule has 56 valence electrons. The van der Waals surface area contributed by atoms with Crippen LogP contribution in [-0.2, 0) is 0 Å². The second-order valence-electron chi connectivity index (χ2n) is 0.541. The van der Waals surface area contributed by atoms with E-state index < -0.39 is 6.16 Å². The summed E-state index contributed by atoms with van der Waals surface area (Å²) < 4.78 is 0. The molecule has 0 aliphatic rings. The topological polar surface area (TPSA) is 157 Å². The molecule has 0 heterocycles. The molecule has 0 aromatic heterocycles. The van der Waals surface area contributed by atoms with E-state index in [1.807, 2.05) is 0 Å². The quantitative estimate of drug-likeness (QED) is 0.254. The van der Waals surface area contributed by atoms with Crippen LogP contribution >= 0.6 is 0 Å². The van der Waals surface area contributed by atoms with Crippen LogP contribution in [0.4, 0.5) is 4.79 Å². The average molecular weight is 146 g/mol. The standard InChI is InChI=1S/2CH2N2.CH2O3/c2*2-1-3;2-1(3)4/h2*2H2;(H2,2,3,4). The zero-order chi connectivity index (χ0) is 8.99. The number of rotatable bonds is 0. The van der Waals surface area contributed by atoms with Crippen LogP contribution in [0, 0.1) is 22.9 Å². The van der Waals surface area contributed by atoms with Gasteiger partial charge in [0.1, 0.15) is 0 Å². The molecule has 7 nitrogen and oxygen atoms in total. The molecule has 0 unspecified atom stereocenters. The smallest absolute Gasteiger partial charge is 0.450 e. The Morgan fingerprint density at radius 1 is 1.20 bits per heavy atom. The zero-order valence-corrected chi connectivity index (χ0v) is 4.85. The van der Waals surface area contributed by atoms with Crippen molar-refractivity contribution in [3.05, 3.63) is 0 Å². The lowest BCUT2D eigenvalue weighted by Crippen LogP contribution is -1.81. The lowest BCUT2D eigenvalue weighted by molar-refractivity contribution is 0.137. The average Bonchev–Trinajstić information content (AvgIpc) is 1.65. The summed E-state index contributed by atoms with van der Waals surface area (Å²) in [7, 11) is 0. The maximum atomic E-state index is 8.56. The maximum absolute atomic E-state index is 8.56. The molecule has 10 heavy (non-hydrogen) atoms. The van der Waals surface area contributed by atoms with E-state index in [0.717, 1.165) is 0 Å². The molecular formula is C3H6N4O3. The first kappa shape index (κ1) is 15.7. The monoisotopic (exact) mass is 146 g/mol. The molecule has 0 radical (unpaired) electrons. The molecule has 0 saturated heterocycles. The fourth-order valence-electron chi connectivity index (χ4n) is 0. The summed E-state index contributed by atoms with van der Waals surface area (Å²) in [6.07, 6.45) is 0.667. The van der Waals surface area contributed by atoms with Gasteiger partial charge in [0.15, 0.2) is 12.4 Å². The maximum Gasteiger partial charge on any atom is 0.503 e. The van der Waals surface area contributed by atoms with E-state index in [4.69, 9.17) is 25.5 Å². The lowest BCUT2D eigenvalue weighted by atomic mass is 11.5. The van der Waals surface area contributed by atoms with Gasteiger partial charge in [0.2, 0.25) is 0 Å². The normalized spacial score (nSPS) is 3.80. The summed E-state index contributed by atoms with van der Waals surface area (Å²) in [5.41, 5.74) is 8.31. The summed E-state index contributed by atoms with van der Waals surface area (Å²) >= 11 is 0. The van der Waals surface area contributed by atoms with Gasteiger partial charge in [-0.05, 0) is 0 Å².